The van der Waals surface area contributed by atoms with E-state index in [1.54, 1.807) is 6.20 Å². The fourth-order valence-corrected chi connectivity index (χ4v) is 1.96. The Hall–Kier alpha value is -0.740. The molecule has 0 radical (unpaired) electrons. The van der Waals surface area contributed by atoms with Crippen molar-refractivity contribution >= 4 is 11.8 Å². The number of nitrogens with zero attached hydrogens (tertiary/aromatic N) is 1. The summed E-state index contributed by atoms with van der Waals surface area (Å²) in [6.07, 6.45) is 2.90. The van der Waals surface area contributed by atoms with E-state index >= 15 is 0 Å². The molecule has 1 aromatic rings. The van der Waals surface area contributed by atoms with Gasteiger partial charge in [0, 0.05) is 6.54 Å². The van der Waals surface area contributed by atoms with Gasteiger partial charge in [0.25, 0.3) is 0 Å². The lowest BCUT2D eigenvalue weighted by Crippen LogP contribution is -2.12. The Kier molecular flexibility index (Phi) is 7.84. The Bertz CT molecular complexity index is 290. The zero-order valence-electron chi connectivity index (χ0n) is 10.7. The van der Waals surface area contributed by atoms with Crippen LogP contribution < -0.4 is 10.1 Å². The lowest BCUT2D eigenvalue weighted by Gasteiger charge is -2.06. The minimum atomic E-state index is 0.779. The van der Waals surface area contributed by atoms with E-state index in [2.05, 4.69) is 24.1 Å². The second kappa shape index (κ2) is 9.31. The van der Waals surface area contributed by atoms with Gasteiger partial charge in [0.1, 0.15) is 5.75 Å². The molecular formula is C13H22N2OS. The second-order valence-corrected chi connectivity index (χ2v) is 5.06. The summed E-state index contributed by atoms with van der Waals surface area (Å²) in [5, 5.41) is 3.24. The summed E-state index contributed by atoms with van der Waals surface area (Å²) in [5.41, 5.74) is 1.06. The van der Waals surface area contributed by atoms with Gasteiger partial charge < -0.3 is 10.1 Å². The molecule has 0 spiro atoms. The van der Waals surface area contributed by atoms with Gasteiger partial charge in [-0.1, -0.05) is 13.8 Å². The maximum absolute atomic E-state index is 5.62. The molecule has 3 nitrogen and oxygen atoms in total. The van der Waals surface area contributed by atoms with Crippen molar-refractivity contribution in [2.45, 2.75) is 26.8 Å². The van der Waals surface area contributed by atoms with Crippen LogP contribution in [-0.2, 0) is 6.54 Å². The number of rotatable bonds is 9. The van der Waals surface area contributed by atoms with Crippen LogP contribution in [0.3, 0.4) is 0 Å². The minimum Gasteiger partial charge on any atom is -0.492 e. The van der Waals surface area contributed by atoms with Crippen LogP contribution in [0.5, 0.6) is 5.75 Å². The van der Waals surface area contributed by atoms with E-state index in [4.69, 9.17) is 4.74 Å². The van der Waals surface area contributed by atoms with E-state index in [-0.39, 0.29) is 0 Å². The minimum absolute atomic E-state index is 0.779. The topological polar surface area (TPSA) is 34.1 Å². The van der Waals surface area contributed by atoms with Gasteiger partial charge in [-0.05, 0) is 36.6 Å². The zero-order valence-corrected chi connectivity index (χ0v) is 11.6. The lowest BCUT2D eigenvalue weighted by molar-refractivity contribution is 0.317. The molecule has 1 N–H and O–H groups in total. The van der Waals surface area contributed by atoms with Crippen LogP contribution in [0.2, 0.25) is 0 Å². The molecule has 0 aliphatic heterocycles. The second-order valence-electron chi connectivity index (χ2n) is 3.66. The van der Waals surface area contributed by atoms with Crippen molar-refractivity contribution in [3.63, 3.8) is 0 Å². The maximum Gasteiger partial charge on any atom is 0.137 e. The smallest absolute Gasteiger partial charge is 0.137 e. The number of hydrogen-bond donors (Lipinski definition) is 1. The average Bonchev–Trinajstić information content (AvgIpc) is 2.37. The molecule has 0 aromatic carbocycles. The quantitative estimate of drug-likeness (QED) is 0.687. The first-order chi connectivity index (χ1) is 8.36. The summed E-state index contributed by atoms with van der Waals surface area (Å²) in [5.74, 6) is 3.22. The Labute approximate surface area is 108 Å². The van der Waals surface area contributed by atoms with Gasteiger partial charge >= 0.3 is 0 Å². The normalized spacial score (nSPS) is 10.5. The predicted octanol–water partition coefficient (Wildman–Crippen LogP) is 2.71. The van der Waals surface area contributed by atoms with Crippen LogP contribution in [0.4, 0.5) is 0 Å². The molecule has 0 amide bonds. The summed E-state index contributed by atoms with van der Waals surface area (Å²) in [6, 6.07) is 4.01. The van der Waals surface area contributed by atoms with Crippen molar-refractivity contribution in [1.29, 1.82) is 0 Å². The molecule has 1 aromatic heterocycles. The summed E-state index contributed by atoms with van der Waals surface area (Å²) in [6.45, 7) is 6.84. The number of nitrogens with one attached hydrogen (secondary N) is 1. The van der Waals surface area contributed by atoms with Crippen LogP contribution in [0.1, 0.15) is 26.0 Å². The van der Waals surface area contributed by atoms with Crippen molar-refractivity contribution < 1.29 is 4.74 Å². The number of hydrogen-bond acceptors (Lipinski definition) is 4. The highest BCUT2D eigenvalue weighted by molar-refractivity contribution is 7.99. The zero-order chi connectivity index (χ0) is 12.3. The third-order valence-corrected chi connectivity index (χ3v) is 3.25. The van der Waals surface area contributed by atoms with Crippen LogP contribution in [0.25, 0.3) is 0 Å². The lowest BCUT2D eigenvalue weighted by atomic mass is 10.3. The Morgan fingerprint density at radius 3 is 2.88 bits per heavy atom. The molecule has 0 bridgehead atoms. The van der Waals surface area contributed by atoms with Gasteiger partial charge in [0.05, 0.1) is 18.5 Å². The number of aromatic nitrogens is 1. The molecule has 0 fully saturated rings. The molecule has 96 valence electrons. The SMILES string of the molecule is CCNCc1ccc(OCCCSCC)cn1. The molecule has 0 unspecified atom stereocenters. The van der Waals surface area contributed by atoms with Crippen molar-refractivity contribution in [2.75, 3.05) is 24.7 Å². The number of pyridine rings is 1. The predicted molar refractivity (Wildman–Crippen MR) is 74.7 cm³/mol. The van der Waals surface area contributed by atoms with Gasteiger partial charge in [0.2, 0.25) is 0 Å². The average molecular weight is 254 g/mol. The van der Waals surface area contributed by atoms with E-state index in [9.17, 15) is 0 Å². The molecule has 1 heterocycles. The van der Waals surface area contributed by atoms with Crippen LogP contribution in [-0.4, -0.2) is 29.6 Å². The van der Waals surface area contributed by atoms with E-state index in [0.29, 0.717) is 0 Å². The first kappa shape index (κ1) is 14.3. The molecule has 0 saturated carbocycles. The summed E-state index contributed by atoms with van der Waals surface area (Å²) >= 11 is 1.95. The third kappa shape index (κ3) is 6.54. The van der Waals surface area contributed by atoms with Gasteiger partial charge in [-0.15, -0.1) is 0 Å². The van der Waals surface area contributed by atoms with Gasteiger partial charge in [-0.25, -0.2) is 0 Å². The summed E-state index contributed by atoms with van der Waals surface area (Å²) in [4.78, 5) is 4.34. The van der Waals surface area contributed by atoms with Crippen molar-refractivity contribution in [1.82, 2.24) is 10.3 Å². The Balaban J connectivity index is 2.20. The van der Waals surface area contributed by atoms with Gasteiger partial charge in [-0.2, -0.15) is 11.8 Å². The van der Waals surface area contributed by atoms with Crippen molar-refractivity contribution in [2.24, 2.45) is 0 Å². The molecule has 0 aliphatic rings. The monoisotopic (exact) mass is 254 g/mol. The summed E-state index contributed by atoms with van der Waals surface area (Å²) < 4.78 is 5.62. The highest BCUT2D eigenvalue weighted by atomic mass is 32.2. The standard InChI is InChI=1S/C13H22N2OS/c1-3-14-10-12-6-7-13(11-15-12)16-8-5-9-17-4-2/h6-7,11,14H,3-5,8-10H2,1-2H3. The molecular weight excluding hydrogens is 232 g/mol. The van der Waals surface area contributed by atoms with Crippen molar-refractivity contribution in [3.8, 4) is 5.75 Å². The molecule has 17 heavy (non-hydrogen) atoms. The largest absolute Gasteiger partial charge is 0.492 e. The Morgan fingerprint density at radius 1 is 1.35 bits per heavy atom. The van der Waals surface area contributed by atoms with E-state index < -0.39 is 0 Å². The van der Waals surface area contributed by atoms with Crippen molar-refractivity contribution in [3.05, 3.63) is 24.0 Å². The summed E-state index contributed by atoms with van der Waals surface area (Å²) in [7, 11) is 0. The van der Waals surface area contributed by atoms with Crippen LogP contribution in [0.15, 0.2) is 18.3 Å². The van der Waals surface area contributed by atoms with Crippen LogP contribution >= 0.6 is 11.8 Å². The molecule has 0 aliphatic carbocycles. The van der Waals surface area contributed by atoms with E-state index in [0.717, 1.165) is 37.6 Å². The number of thioether (sulfide) groups is 1. The van der Waals surface area contributed by atoms with E-state index in [1.165, 1.54) is 11.5 Å². The fourth-order valence-electron chi connectivity index (χ4n) is 1.35. The van der Waals surface area contributed by atoms with Gasteiger partial charge in [0.15, 0.2) is 0 Å². The number of ether oxygens (including phenoxy) is 1. The highest BCUT2D eigenvalue weighted by Gasteiger charge is 1.96. The molecule has 4 heteroatoms. The molecule has 0 saturated heterocycles. The first-order valence-corrected chi connectivity index (χ1v) is 7.38. The highest BCUT2D eigenvalue weighted by Crippen LogP contribution is 2.10. The molecule has 1 rings (SSSR count). The fraction of sp³-hybridized carbons (Fsp3) is 0.615. The van der Waals surface area contributed by atoms with Gasteiger partial charge in [-0.3, -0.25) is 4.98 Å². The first-order valence-electron chi connectivity index (χ1n) is 6.23. The van der Waals surface area contributed by atoms with Crippen LogP contribution in [0, 0.1) is 0 Å². The Morgan fingerprint density at radius 2 is 2.24 bits per heavy atom. The third-order valence-electron chi connectivity index (χ3n) is 2.26. The van der Waals surface area contributed by atoms with E-state index in [1.807, 2.05) is 23.9 Å². The molecule has 0 atom stereocenters. The maximum atomic E-state index is 5.62.